The van der Waals surface area contributed by atoms with E-state index in [1.807, 2.05) is 11.6 Å². The minimum absolute atomic E-state index is 0.149. The molecule has 102 valence electrons. The van der Waals surface area contributed by atoms with Crippen LogP contribution in [0, 0.1) is 13.8 Å². The van der Waals surface area contributed by atoms with Crippen LogP contribution in [0.2, 0.25) is 0 Å². The van der Waals surface area contributed by atoms with E-state index < -0.39 is 0 Å². The van der Waals surface area contributed by atoms with Crippen LogP contribution < -0.4 is 5.69 Å². The lowest BCUT2D eigenvalue weighted by molar-refractivity contribution is 0.351. The van der Waals surface area contributed by atoms with Crippen LogP contribution in [-0.4, -0.2) is 9.13 Å². The van der Waals surface area contributed by atoms with Gasteiger partial charge in [-0.15, -0.1) is 0 Å². The largest absolute Gasteiger partial charge is 0.329 e. The fourth-order valence-corrected chi connectivity index (χ4v) is 3.61. The summed E-state index contributed by atoms with van der Waals surface area (Å²) in [6.45, 7) is 4.20. The maximum absolute atomic E-state index is 12.6. The number of fused-ring (bicyclic) bond motifs is 1. The zero-order valence-corrected chi connectivity index (χ0v) is 12.1. The van der Waals surface area contributed by atoms with Crippen molar-refractivity contribution in [2.45, 2.75) is 52.0 Å². The molecule has 0 atom stereocenters. The average molecular weight is 258 g/mol. The van der Waals surface area contributed by atoms with Crippen LogP contribution in [0.25, 0.3) is 11.0 Å². The molecule has 1 aromatic heterocycles. The van der Waals surface area contributed by atoms with E-state index in [4.69, 9.17) is 0 Å². The third kappa shape index (κ3) is 1.92. The Morgan fingerprint density at radius 2 is 1.79 bits per heavy atom. The van der Waals surface area contributed by atoms with E-state index in [-0.39, 0.29) is 5.69 Å². The van der Waals surface area contributed by atoms with Crippen LogP contribution in [0.1, 0.15) is 49.3 Å². The van der Waals surface area contributed by atoms with E-state index in [1.165, 1.54) is 30.4 Å². The highest BCUT2D eigenvalue weighted by atomic mass is 16.1. The van der Waals surface area contributed by atoms with Gasteiger partial charge in [0.05, 0.1) is 11.0 Å². The molecule has 19 heavy (non-hydrogen) atoms. The summed E-state index contributed by atoms with van der Waals surface area (Å²) < 4.78 is 3.87. The molecule has 3 rings (SSSR count). The average Bonchev–Trinajstić information content (AvgIpc) is 2.63. The molecule has 0 saturated heterocycles. The number of nitrogens with zero attached hydrogens (tertiary/aromatic N) is 2. The third-order valence-electron chi connectivity index (χ3n) is 4.45. The number of hydrogen-bond acceptors (Lipinski definition) is 1. The van der Waals surface area contributed by atoms with Crippen LogP contribution in [0.3, 0.4) is 0 Å². The summed E-state index contributed by atoms with van der Waals surface area (Å²) in [5.74, 6) is 0. The first-order chi connectivity index (χ1) is 9.09. The molecule has 0 radical (unpaired) electrons. The van der Waals surface area contributed by atoms with E-state index in [2.05, 4.69) is 30.5 Å². The Labute approximate surface area is 113 Å². The van der Waals surface area contributed by atoms with Gasteiger partial charge in [0.15, 0.2) is 0 Å². The van der Waals surface area contributed by atoms with E-state index in [9.17, 15) is 4.79 Å². The van der Waals surface area contributed by atoms with Gasteiger partial charge < -0.3 is 0 Å². The number of benzene rings is 1. The predicted molar refractivity (Wildman–Crippen MR) is 78.8 cm³/mol. The van der Waals surface area contributed by atoms with Gasteiger partial charge in [0.2, 0.25) is 0 Å². The number of rotatable bonds is 1. The fraction of sp³-hybridized carbons (Fsp3) is 0.562. The zero-order valence-electron chi connectivity index (χ0n) is 12.1. The van der Waals surface area contributed by atoms with Gasteiger partial charge in [0, 0.05) is 13.1 Å². The van der Waals surface area contributed by atoms with Crippen molar-refractivity contribution in [3.05, 3.63) is 33.7 Å². The summed E-state index contributed by atoms with van der Waals surface area (Å²) in [4.78, 5) is 12.6. The molecule has 2 aromatic rings. The van der Waals surface area contributed by atoms with Crippen molar-refractivity contribution in [3.8, 4) is 0 Å². The molecule has 1 heterocycles. The summed E-state index contributed by atoms with van der Waals surface area (Å²) >= 11 is 0. The first-order valence-corrected chi connectivity index (χ1v) is 7.28. The molecule has 1 aromatic carbocycles. The normalized spacial score (nSPS) is 17.2. The summed E-state index contributed by atoms with van der Waals surface area (Å²) in [7, 11) is 1.90. The molecule has 0 bridgehead atoms. The SMILES string of the molecule is Cc1cc(C)c2c(c1)n(C1CCCCC1)c(=O)n2C. The Bertz CT molecular complexity index is 672. The topological polar surface area (TPSA) is 26.9 Å². The molecule has 3 nitrogen and oxygen atoms in total. The van der Waals surface area contributed by atoms with Crippen LogP contribution in [0.4, 0.5) is 0 Å². The van der Waals surface area contributed by atoms with Crippen molar-refractivity contribution < 1.29 is 0 Å². The molecular weight excluding hydrogens is 236 g/mol. The second kappa shape index (κ2) is 4.55. The quantitative estimate of drug-likeness (QED) is 0.769. The highest BCUT2D eigenvalue weighted by molar-refractivity contribution is 5.80. The van der Waals surface area contributed by atoms with Crippen LogP contribution in [0.5, 0.6) is 0 Å². The second-order valence-electron chi connectivity index (χ2n) is 5.95. The molecular formula is C16H22N2O. The van der Waals surface area contributed by atoms with Crippen LogP contribution in [-0.2, 0) is 7.05 Å². The predicted octanol–water partition coefficient (Wildman–Crippen LogP) is 3.46. The Balaban J connectivity index is 2.29. The number of aromatic nitrogens is 2. The number of hydrogen-bond donors (Lipinski definition) is 0. The Morgan fingerprint density at radius 1 is 1.11 bits per heavy atom. The lowest BCUT2D eigenvalue weighted by Gasteiger charge is -2.23. The van der Waals surface area contributed by atoms with Gasteiger partial charge in [-0.2, -0.15) is 0 Å². The number of imidazole rings is 1. The fourth-order valence-electron chi connectivity index (χ4n) is 3.61. The smallest absolute Gasteiger partial charge is 0.295 e. The first-order valence-electron chi connectivity index (χ1n) is 7.28. The van der Waals surface area contributed by atoms with Crippen LogP contribution >= 0.6 is 0 Å². The monoisotopic (exact) mass is 258 g/mol. The lowest BCUT2D eigenvalue weighted by Crippen LogP contribution is -2.27. The highest BCUT2D eigenvalue weighted by Gasteiger charge is 2.22. The van der Waals surface area contributed by atoms with E-state index in [1.54, 1.807) is 0 Å². The van der Waals surface area contributed by atoms with Crippen molar-refractivity contribution in [2.24, 2.45) is 7.05 Å². The Morgan fingerprint density at radius 3 is 2.47 bits per heavy atom. The second-order valence-corrected chi connectivity index (χ2v) is 5.95. The molecule has 0 amide bonds. The molecule has 1 aliphatic rings. The van der Waals surface area contributed by atoms with E-state index >= 15 is 0 Å². The first kappa shape index (κ1) is 12.5. The molecule has 0 unspecified atom stereocenters. The van der Waals surface area contributed by atoms with Gasteiger partial charge in [-0.1, -0.05) is 25.3 Å². The maximum atomic E-state index is 12.6. The molecule has 1 saturated carbocycles. The van der Waals surface area contributed by atoms with Gasteiger partial charge in [0.1, 0.15) is 0 Å². The third-order valence-corrected chi connectivity index (χ3v) is 4.45. The van der Waals surface area contributed by atoms with Gasteiger partial charge >= 0.3 is 5.69 Å². The van der Waals surface area contributed by atoms with Crippen molar-refractivity contribution in [1.29, 1.82) is 0 Å². The minimum Gasteiger partial charge on any atom is -0.295 e. The molecule has 0 aliphatic heterocycles. The van der Waals surface area contributed by atoms with Gasteiger partial charge in [-0.25, -0.2) is 4.79 Å². The summed E-state index contributed by atoms with van der Waals surface area (Å²) in [6.07, 6.45) is 6.10. The molecule has 3 heteroatoms. The molecule has 0 spiro atoms. The lowest BCUT2D eigenvalue weighted by atomic mass is 9.95. The van der Waals surface area contributed by atoms with Gasteiger partial charge in [-0.3, -0.25) is 9.13 Å². The summed E-state index contributed by atoms with van der Waals surface area (Å²) in [5.41, 5.74) is 4.80. The standard InChI is InChI=1S/C16H22N2O/c1-11-9-12(2)15-14(10-11)18(16(19)17(15)3)13-7-5-4-6-8-13/h9-10,13H,4-8H2,1-3H3. The van der Waals surface area contributed by atoms with Crippen molar-refractivity contribution >= 4 is 11.0 Å². The minimum atomic E-state index is 0.149. The van der Waals surface area contributed by atoms with Crippen molar-refractivity contribution in [2.75, 3.05) is 0 Å². The highest BCUT2D eigenvalue weighted by Crippen LogP contribution is 2.30. The van der Waals surface area contributed by atoms with Crippen molar-refractivity contribution in [3.63, 3.8) is 0 Å². The number of aryl methyl sites for hydroxylation is 3. The summed E-state index contributed by atoms with van der Waals surface area (Å²) in [5, 5.41) is 0. The Hall–Kier alpha value is -1.51. The van der Waals surface area contributed by atoms with Gasteiger partial charge in [0.25, 0.3) is 0 Å². The maximum Gasteiger partial charge on any atom is 0.329 e. The van der Waals surface area contributed by atoms with E-state index in [0.717, 1.165) is 23.9 Å². The van der Waals surface area contributed by atoms with Gasteiger partial charge in [-0.05, 0) is 43.9 Å². The zero-order chi connectivity index (χ0) is 13.6. The van der Waals surface area contributed by atoms with E-state index in [0.29, 0.717) is 6.04 Å². The van der Waals surface area contributed by atoms with Crippen LogP contribution in [0.15, 0.2) is 16.9 Å². The molecule has 0 N–H and O–H groups in total. The van der Waals surface area contributed by atoms with Crippen molar-refractivity contribution in [1.82, 2.24) is 9.13 Å². The molecule has 1 fully saturated rings. The Kier molecular flexibility index (Phi) is 3.00. The summed E-state index contributed by atoms with van der Waals surface area (Å²) in [6, 6.07) is 4.72. The molecule has 1 aliphatic carbocycles.